The number of nitrogens with two attached hydrogens (primary N) is 1. The standard InChI is InChI=1S/C12H15N3O3S/c1-8-6-12(19(13,16)17)9(2)5-11(8)14-7-10-3-4-18-15-10/h3-6,14H,7H2,1-2H3,(H2,13,16,17). The Balaban J connectivity index is 2.26. The summed E-state index contributed by atoms with van der Waals surface area (Å²) in [6, 6.07) is 5.08. The molecular weight excluding hydrogens is 266 g/mol. The van der Waals surface area contributed by atoms with Crippen molar-refractivity contribution >= 4 is 15.7 Å². The molecule has 0 aliphatic rings. The molecule has 0 aliphatic heterocycles. The molecule has 0 amide bonds. The minimum atomic E-state index is -3.69. The summed E-state index contributed by atoms with van der Waals surface area (Å²) in [6.07, 6.45) is 1.50. The third-order valence-corrected chi connectivity index (χ3v) is 3.83. The van der Waals surface area contributed by atoms with Crippen molar-refractivity contribution in [2.75, 3.05) is 5.32 Å². The van der Waals surface area contributed by atoms with Gasteiger partial charge in [0.2, 0.25) is 10.0 Å². The third-order valence-electron chi connectivity index (χ3n) is 2.78. The van der Waals surface area contributed by atoms with Crippen molar-refractivity contribution in [3.63, 3.8) is 0 Å². The van der Waals surface area contributed by atoms with Gasteiger partial charge in [0, 0.05) is 11.8 Å². The van der Waals surface area contributed by atoms with Crippen LogP contribution >= 0.6 is 0 Å². The minimum absolute atomic E-state index is 0.150. The molecule has 0 aliphatic carbocycles. The Morgan fingerprint density at radius 2 is 2.05 bits per heavy atom. The zero-order valence-electron chi connectivity index (χ0n) is 10.7. The molecule has 102 valence electrons. The molecule has 1 aromatic heterocycles. The van der Waals surface area contributed by atoms with E-state index in [-0.39, 0.29) is 4.90 Å². The van der Waals surface area contributed by atoms with Crippen LogP contribution in [0.3, 0.4) is 0 Å². The number of anilines is 1. The first-order valence-electron chi connectivity index (χ1n) is 5.65. The number of hydrogen-bond donors (Lipinski definition) is 2. The molecule has 2 rings (SSSR count). The summed E-state index contributed by atoms with van der Waals surface area (Å²) >= 11 is 0. The SMILES string of the molecule is Cc1cc(S(N)(=O)=O)c(C)cc1NCc1ccon1. The molecule has 1 heterocycles. The maximum absolute atomic E-state index is 11.4. The van der Waals surface area contributed by atoms with Gasteiger partial charge >= 0.3 is 0 Å². The average molecular weight is 281 g/mol. The average Bonchev–Trinajstić information content (AvgIpc) is 2.81. The summed E-state index contributed by atoms with van der Waals surface area (Å²) in [5.74, 6) is 0. The summed E-state index contributed by atoms with van der Waals surface area (Å²) in [4.78, 5) is 0.150. The number of rotatable bonds is 4. The number of primary sulfonamides is 1. The highest BCUT2D eigenvalue weighted by atomic mass is 32.2. The summed E-state index contributed by atoms with van der Waals surface area (Å²) < 4.78 is 27.5. The van der Waals surface area contributed by atoms with Crippen LogP contribution in [0.1, 0.15) is 16.8 Å². The highest BCUT2D eigenvalue weighted by molar-refractivity contribution is 7.89. The van der Waals surface area contributed by atoms with Crippen LogP contribution in [0.15, 0.2) is 33.9 Å². The summed E-state index contributed by atoms with van der Waals surface area (Å²) in [7, 11) is -3.69. The number of aromatic nitrogens is 1. The predicted molar refractivity (Wildman–Crippen MR) is 71.1 cm³/mol. The fourth-order valence-corrected chi connectivity index (χ4v) is 2.65. The van der Waals surface area contributed by atoms with Crippen LogP contribution in [0.2, 0.25) is 0 Å². The van der Waals surface area contributed by atoms with Crippen molar-refractivity contribution in [2.24, 2.45) is 5.14 Å². The Morgan fingerprint density at radius 1 is 1.32 bits per heavy atom. The van der Waals surface area contributed by atoms with Gasteiger partial charge in [-0.15, -0.1) is 0 Å². The number of nitrogens with zero attached hydrogens (tertiary/aromatic N) is 1. The lowest BCUT2D eigenvalue weighted by Crippen LogP contribution is -2.14. The number of hydrogen-bond acceptors (Lipinski definition) is 5. The Bertz CT molecular complexity index is 678. The van der Waals surface area contributed by atoms with E-state index in [1.54, 1.807) is 25.1 Å². The van der Waals surface area contributed by atoms with Crippen LogP contribution in [-0.4, -0.2) is 13.6 Å². The lowest BCUT2D eigenvalue weighted by molar-refractivity contribution is 0.412. The predicted octanol–water partition coefficient (Wildman–Crippen LogP) is 1.55. The van der Waals surface area contributed by atoms with Crippen molar-refractivity contribution < 1.29 is 12.9 Å². The normalized spacial score (nSPS) is 11.5. The minimum Gasteiger partial charge on any atom is -0.379 e. The van der Waals surface area contributed by atoms with Gasteiger partial charge in [-0.2, -0.15) is 0 Å². The maximum Gasteiger partial charge on any atom is 0.238 e. The van der Waals surface area contributed by atoms with Gasteiger partial charge in [0.25, 0.3) is 0 Å². The van der Waals surface area contributed by atoms with Crippen molar-refractivity contribution in [2.45, 2.75) is 25.3 Å². The molecule has 0 fully saturated rings. The first-order chi connectivity index (χ1) is 8.88. The second-order valence-corrected chi connectivity index (χ2v) is 5.85. The van der Waals surface area contributed by atoms with Crippen LogP contribution in [0.25, 0.3) is 0 Å². The number of aryl methyl sites for hydroxylation is 2. The number of benzene rings is 1. The molecular formula is C12H15N3O3S. The van der Waals surface area contributed by atoms with E-state index in [9.17, 15) is 8.42 Å². The molecule has 6 nitrogen and oxygen atoms in total. The van der Waals surface area contributed by atoms with E-state index < -0.39 is 10.0 Å². The molecule has 0 bridgehead atoms. The Labute approximate surface area is 111 Å². The van der Waals surface area contributed by atoms with Gasteiger partial charge in [0.1, 0.15) is 12.0 Å². The van der Waals surface area contributed by atoms with Gasteiger partial charge < -0.3 is 9.84 Å². The topological polar surface area (TPSA) is 98.2 Å². The van der Waals surface area contributed by atoms with Crippen molar-refractivity contribution in [1.29, 1.82) is 0 Å². The molecule has 19 heavy (non-hydrogen) atoms. The Morgan fingerprint density at radius 3 is 2.63 bits per heavy atom. The van der Waals surface area contributed by atoms with Crippen molar-refractivity contribution in [3.8, 4) is 0 Å². The first-order valence-corrected chi connectivity index (χ1v) is 7.20. The molecule has 2 aromatic rings. The number of nitrogens with one attached hydrogen (secondary N) is 1. The van der Waals surface area contributed by atoms with Gasteiger partial charge in [-0.1, -0.05) is 5.16 Å². The molecule has 0 atom stereocenters. The fourth-order valence-electron chi connectivity index (χ4n) is 1.80. The van der Waals surface area contributed by atoms with Crippen molar-refractivity contribution in [3.05, 3.63) is 41.3 Å². The zero-order chi connectivity index (χ0) is 14.0. The van der Waals surface area contributed by atoms with Gasteiger partial charge in [0.15, 0.2) is 0 Å². The van der Waals surface area contributed by atoms with Crippen LogP contribution in [0.4, 0.5) is 5.69 Å². The monoisotopic (exact) mass is 281 g/mol. The second-order valence-electron chi connectivity index (χ2n) is 4.32. The van der Waals surface area contributed by atoms with Crippen LogP contribution in [0, 0.1) is 13.8 Å². The Kier molecular flexibility index (Phi) is 3.59. The largest absolute Gasteiger partial charge is 0.379 e. The second kappa shape index (κ2) is 5.02. The van der Waals surface area contributed by atoms with Crippen LogP contribution < -0.4 is 10.5 Å². The highest BCUT2D eigenvalue weighted by Gasteiger charge is 2.13. The quantitative estimate of drug-likeness (QED) is 0.886. The van der Waals surface area contributed by atoms with E-state index >= 15 is 0 Å². The molecule has 0 radical (unpaired) electrons. The molecule has 3 N–H and O–H groups in total. The molecule has 1 aromatic carbocycles. The molecule has 0 saturated carbocycles. The lowest BCUT2D eigenvalue weighted by atomic mass is 10.1. The molecule has 7 heteroatoms. The first kappa shape index (κ1) is 13.6. The summed E-state index contributed by atoms with van der Waals surface area (Å²) in [5, 5.41) is 12.1. The zero-order valence-corrected chi connectivity index (χ0v) is 11.5. The molecule has 0 spiro atoms. The smallest absolute Gasteiger partial charge is 0.238 e. The van der Waals surface area contributed by atoms with E-state index in [1.807, 2.05) is 6.92 Å². The van der Waals surface area contributed by atoms with Gasteiger partial charge in [-0.05, 0) is 37.1 Å². The summed E-state index contributed by atoms with van der Waals surface area (Å²) in [6.45, 7) is 4.03. The van der Waals surface area contributed by atoms with E-state index in [4.69, 9.17) is 9.66 Å². The molecule has 0 unspecified atom stereocenters. The van der Waals surface area contributed by atoms with Gasteiger partial charge in [0.05, 0.1) is 11.4 Å². The van der Waals surface area contributed by atoms with Crippen LogP contribution in [-0.2, 0) is 16.6 Å². The van der Waals surface area contributed by atoms with Gasteiger partial charge in [-0.3, -0.25) is 0 Å². The van der Waals surface area contributed by atoms with Crippen LogP contribution in [0.5, 0.6) is 0 Å². The third kappa shape index (κ3) is 3.12. The molecule has 0 saturated heterocycles. The summed E-state index contributed by atoms with van der Waals surface area (Å²) in [5.41, 5.74) is 3.02. The van der Waals surface area contributed by atoms with Crippen molar-refractivity contribution in [1.82, 2.24) is 5.16 Å². The van der Waals surface area contributed by atoms with E-state index in [1.165, 1.54) is 6.26 Å². The van der Waals surface area contributed by atoms with E-state index in [0.29, 0.717) is 12.1 Å². The lowest BCUT2D eigenvalue weighted by Gasteiger charge is -2.12. The highest BCUT2D eigenvalue weighted by Crippen LogP contribution is 2.23. The van der Waals surface area contributed by atoms with E-state index in [0.717, 1.165) is 16.9 Å². The fraction of sp³-hybridized carbons (Fsp3) is 0.250. The van der Waals surface area contributed by atoms with Gasteiger partial charge in [-0.25, -0.2) is 13.6 Å². The maximum atomic E-state index is 11.4. The Hall–Kier alpha value is -1.86. The number of sulfonamides is 1. The van der Waals surface area contributed by atoms with E-state index in [2.05, 4.69) is 10.5 Å².